The van der Waals surface area contributed by atoms with Gasteiger partial charge in [-0.15, -0.1) is 0 Å². The van der Waals surface area contributed by atoms with E-state index in [2.05, 4.69) is 0 Å². The molecule has 4 nitrogen and oxygen atoms in total. The first kappa shape index (κ1) is 13.9. The van der Waals surface area contributed by atoms with Crippen molar-refractivity contribution in [2.75, 3.05) is 5.08 Å². The van der Waals surface area contributed by atoms with Gasteiger partial charge in [-0.05, 0) is 34.6 Å². The van der Waals surface area contributed by atoms with E-state index in [9.17, 15) is 16.8 Å². The summed E-state index contributed by atoms with van der Waals surface area (Å²) in [6.07, 6.45) is 0. The molecule has 0 aliphatic rings. The zero-order valence-corrected chi connectivity index (χ0v) is 10.9. The summed E-state index contributed by atoms with van der Waals surface area (Å²) in [5.41, 5.74) is 0. The largest absolute Gasteiger partial charge is 0.228 e. The Morgan fingerprint density at radius 3 is 1.57 bits per heavy atom. The first-order valence-electron chi connectivity index (χ1n) is 4.34. The Kier molecular flexibility index (Phi) is 3.78. The topological polar surface area (TPSA) is 68.3 Å². The summed E-state index contributed by atoms with van der Waals surface area (Å²) in [4.78, 5) is 0. The highest BCUT2D eigenvalue weighted by Gasteiger charge is 2.34. The van der Waals surface area contributed by atoms with Gasteiger partial charge < -0.3 is 0 Å². The van der Waals surface area contributed by atoms with Crippen molar-refractivity contribution in [2.24, 2.45) is 0 Å². The van der Waals surface area contributed by atoms with Crippen LogP contribution in [0.2, 0.25) is 0 Å². The van der Waals surface area contributed by atoms with Gasteiger partial charge in [0.25, 0.3) is 0 Å². The molecule has 0 rings (SSSR count). The van der Waals surface area contributed by atoms with E-state index >= 15 is 0 Å². The summed E-state index contributed by atoms with van der Waals surface area (Å²) < 4.78 is 45.0. The van der Waals surface area contributed by atoms with Crippen molar-refractivity contribution in [3.05, 3.63) is 0 Å². The first-order valence-corrected chi connectivity index (χ1v) is 7.71. The Balaban J connectivity index is 5.09. The van der Waals surface area contributed by atoms with Crippen molar-refractivity contribution in [3.8, 4) is 0 Å². The van der Waals surface area contributed by atoms with Crippen molar-refractivity contribution >= 4 is 19.7 Å². The summed E-state index contributed by atoms with van der Waals surface area (Å²) in [5.74, 6) is 0. The van der Waals surface area contributed by atoms with Gasteiger partial charge in [0, 0.05) is 0 Å². The lowest BCUT2D eigenvalue weighted by Crippen LogP contribution is -2.35. The van der Waals surface area contributed by atoms with E-state index in [1.807, 2.05) is 0 Å². The molecule has 0 saturated heterocycles. The standard InChI is InChI=1S/C8H18O4S2/c1-7(2)13(9,10)6-14(11,12)8(3,4)5/h7H,6H2,1-5H3. The molecule has 0 aromatic heterocycles. The zero-order chi connectivity index (χ0) is 11.8. The number of sulfone groups is 2. The predicted molar refractivity (Wildman–Crippen MR) is 57.6 cm³/mol. The predicted octanol–water partition coefficient (Wildman–Crippen LogP) is 0.980. The third-order valence-electron chi connectivity index (χ3n) is 1.97. The van der Waals surface area contributed by atoms with Crippen LogP contribution >= 0.6 is 0 Å². The number of hydrogen-bond donors (Lipinski definition) is 0. The smallest absolute Gasteiger partial charge is 0.169 e. The normalized spacial score (nSPS) is 14.7. The van der Waals surface area contributed by atoms with Crippen molar-refractivity contribution in [1.82, 2.24) is 0 Å². The Morgan fingerprint density at radius 2 is 1.36 bits per heavy atom. The Labute approximate surface area is 86.5 Å². The molecule has 0 saturated carbocycles. The third kappa shape index (κ3) is 3.24. The molecule has 0 heterocycles. The van der Waals surface area contributed by atoms with E-state index in [1.165, 1.54) is 34.6 Å². The molecule has 0 aromatic rings. The van der Waals surface area contributed by atoms with Gasteiger partial charge in [0.1, 0.15) is 0 Å². The molecule has 0 bridgehead atoms. The molecular formula is C8H18O4S2. The van der Waals surface area contributed by atoms with Crippen LogP contribution in [0, 0.1) is 0 Å². The van der Waals surface area contributed by atoms with E-state index in [1.54, 1.807) is 0 Å². The summed E-state index contributed by atoms with van der Waals surface area (Å²) in [6, 6.07) is 0. The average Bonchev–Trinajstić information content (AvgIpc) is 1.80. The van der Waals surface area contributed by atoms with Crippen LogP contribution in [-0.4, -0.2) is 31.9 Å². The maximum atomic E-state index is 11.6. The van der Waals surface area contributed by atoms with E-state index in [0.717, 1.165) is 0 Å². The molecule has 0 aliphatic heterocycles. The maximum absolute atomic E-state index is 11.6. The monoisotopic (exact) mass is 242 g/mol. The number of hydrogen-bond acceptors (Lipinski definition) is 4. The van der Waals surface area contributed by atoms with Crippen molar-refractivity contribution in [1.29, 1.82) is 0 Å². The van der Waals surface area contributed by atoms with Crippen LogP contribution in [0.3, 0.4) is 0 Å². The fourth-order valence-electron chi connectivity index (χ4n) is 0.529. The van der Waals surface area contributed by atoms with Gasteiger partial charge in [-0.3, -0.25) is 0 Å². The molecule has 86 valence electrons. The second-order valence-electron chi connectivity index (χ2n) is 4.56. The fraction of sp³-hybridized carbons (Fsp3) is 1.00. The van der Waals surface area contributed by atoms with Gasteiger partial charge in [0.05, 0.1) is 10.00 Å². The van der Waals surface area contributed by atoms with Gasteiger partial charge in [-0.2, -0.15) is 0 Å². The molecule has 0 radical (unpaired) electrons. The highest BCUT2D eigenvalue weighted by Crippen LogP contribution is 2.19. The minimum atomic E-state index is -3.59. The Morgan fingerprint density at radius 1 is 1.00 bits per heavy atom. The molecule has 0 amide bonds. The second-order valence-corrected chi connectivity index (χ2v) is 10.2. The zero-order valence-electron chi connectivity index (χ0n) is 9.23. The SMILES string of the molecule is CC(C)S(=O)(=O)CS(=O)(=O)C(C)(C)C. The van der Waals surface area contributed by atoms with Gasteiger partial charge in [0.15, 0.2) is 24.8 Å². The van der Waals surface area contributed by atoms with Gasteiger partial charge in [-0.25, -0.2) is 16.8 Å². The van der Waals surface area contributed by atoms with E-state index in [0.29, 0.717) is 0 Å². The average molecular weight is 242 g/mol. The lowest BCUT2D eigenvalue weighted by atomic mass is 10.3. The van der Waals surface area contributed by atoms with Gasteiger partial charge in [-0.1, -0.05) is 0 Å². The van der Waals surface area contributed by atoms with Crippen molar-refractivity contribution < 1.29 is 16.8 Å². The van der Waals surface area contributed by atoms with Crippen LogP contribution in [0.5, 0.6) is 0 Å². The van der Waals surface area contributed by atoms with Crippen molar-refractivity contribution in [2.45, 2.75) is 44.6 Å². The quantitative estimate of drug-likeness (QED) is 0.740. The molecule has 0 unspecified atom stereocenters. The second kappa shape index (κ2) is 3.81. The molecule has 14 heavy (non-hydrogen) atoms. The third-order valence-corrected chi connectivity index (χ3v) is 7.83. The highest BCUT2D eigenvalue weighted by molar-refractivity contribution is 8.08. The molecule has 0 spiro atoms. The minimum absolute atomic E-state index is 0.653. The maximum Gasteiger partial charge on any atom is 0.169 e. The van der Waals surface area contributed by atoms with Crippen LogP contribution in [-0.2, 0) is 19.7 Å². The molecule has 6 heteroatoms. The molecule has 0 fully saturated rings. The van der Waals surface area contributed by atoms with Crippen molar-refractivity contribution in [3.63, 3.8) is 0 Å². The summed E-state index contributed by atoms with van der Waals surface area (Å²) in [5, 5.41) is -1.42. The molecule has 0 N–H and O–H groups in total. The Bertz CT molecular complexity index is 382. The molecule has 0 aromatic carbocycles. The van der Waals surface area contributed by atoms with Gasteiger partial charge >= 0.3 is 0 Å². The lowest BCUT2D eigenvalue weighted by molar-refractivity contribution is 0.559. The minimum Gasteiger partial charge on any atom is -0.228 e. The molecular weight excluding hydrogens is 224 g/mol. The Hall–Kier alpha value is -0.100. The van der Waals surface area contributed by atoms with Crippen LogP contribution < -0.4 is 0 Å². The molecule has 0 atom stereocenters. The summed E-state index contributed by atoms with van der Waals surface area (Å²) >= 11 is 0. The van der Waals surface area contributed by atoms with E-state index in [4.69, 9.17) is 0 Å². The first-order chi connectivity index (χ1) is 5.90. The van der Waals surface area contributed by atoms with E-state index < -0.39 is 34.8 Å². The number of rotatable bonds is 3. The summed E-state index contributed by atoms with van der Waals surface area (Å²) in [7, 11) is -7.12. The lowest BCUT2D eigenvalue weighted by Gasteiger charge is -2.19. The van der Waals surface area contributed by atoms with Crippen LogP contribution in [0.4, 0.5) is 0 Å². The fourth-order valence-corrected chi connectivity index (χ4v) is 4.76. The van der Waals surface area contributed by atoms with Crippen LogP contribution in [0.15, 0.2) is 0 Å². The van der Waals surface area contributed by atoms with Gasteiger partial charge in [0.2, 0.25) is 0 Å². The highest BCUT2D eigenvalue weighted by atomic mass is 32.3. The van der Waals surface area contributed by atoms with E-state index in [-0.39, 0.29) is 0 Å². The van der Waals surface area contributed by atoms with Crippen LogP contribution in [0.1, 0.15) is 34.6 Å². The molecule has 0 aliphatic carbocycles. The summed E-state index contributed by atoms with van der Waals surface area (Å²) in [6.45, 7) is 7.45. The van der Waals surface area contributed by atoms with Crippen LogP contribution in [0.25, 0.3) is 0 Å².